The minimum atomic E-state index is -1.28. The quantitative estimate of drug-likeness (QED) is 0.357. The summed E-state index contributed by atoms with van der Waals surface area (Å²) in [6, 6.07) is 0. The molecule has 1 unspecified atom stereocenters. The van der Waals surface area contributed by atoms with Gasteiger partial charge in [0.05, 0.1) is 6.61 Å². The van der Waals surface area contributed by atoms with Crippen LogP contribution in [0.2, 0.25) is 0 Å². The number of carbonyl (C=O) groups is 1. The molecule has 8 nitrogen and oxygen atoms in total. The highest BCUT2D eigenvalue weighted by Gasteiger charge is 2.48. The number of carbonyl (C=O) groups excluding carboxylic acids is 1. The van der Waals surface area contributed by atoms with Crippen LogP contribution >= 0.6 is 0 Å². The van der Waals surface area contributed by atoms with Crippen LogP contribution in [0.15, 0.2) is 4.99 Å². The predicted octanol–water partition coefficient (Wildman–Crippen LogP) is -2.78. The Balaban J connectivity index is 2.16. The highest BCUT2D eigenvalue weighted by atomic mass is 16.6. The first kappa shape index (κ1) is 12.1. The maximum Gasteiger partial charge on any atom is 0.237 e. The molecule has 1 fully saturated rings. The summed E-state index contributed by atoms with van der Waals surface area (Å²) < 4.78 is 5.21. The van der Waals surface area contributed by atoms with E-state index in [1.807, 2.05) is 0 Å². The number of amides is 1. The van der Waals surface area contributed by atoms with Crippen LogP contribution in [-0.2, 0) is 9.53 Å². The largest absolute Gasteiger partial charge is 0.394 e. The van der Waals surface area contributed by atoms with Crippen molar-refractivity contribution in [3.05, 3.63) is 0 Å². The number of aliphatic hydroxyl groups is 3. The second kappa shape index (κ2) is 4.49. The van der Waals surface area contributed by atoms with Crippen molar-refractivity contribution in [3.8, 4) is 0 Å². The molecule has 8 heteroatoms. The van der Waals surface area contributed by atoms with Crippen LogP contribution in [0.3, 0.4) is 0 Å². The third kappa shape index (κ3) is 2.07. The van der Waals surface area contributed by atoms with E-state index in [9.17, 15) is 15.0 Å². The van der Waals surface area contributed by atoms with Gasteiger partial charge in [-0.3, -0.25) is 15.5 Å². The minimum absolute atomic E-state index is 0.280. The number of nitrogens with zero attached hydrogens (tertiary/aromatic N) is 1. The van der Waals surface area contributed by atoms with Crippen LogP contribution in [0, 0.1) is 11.3 Å². The normalized spacial score (nSPS) is 41.7. The first-order chi connectivity index (χ1) is 8.04. The van der Waals surface area contributed by atoms with Crippen molar-refractivity contribution < 1.29 is 24.9 Å². The number of rotatable bonds is 2. The molecule has 2 rings (SSSR count). The fourth-order valence-corrected chi connectivity index (χ4v) is 1.91. The van der Waals surface area contributed by atoms with Crippen molar-refractivity contribution in [2.24, 2.45) is 10.9 Å². The summed E-state index contributed by atoms with van der Waals surface area (Å²) in [5.41, 5.74) is 0. The average Bonchev–Trinajstić information content (AvgIpc) is 2.57. The van der Waals surface area contributed by atoms with Gasteiger partial charge in [0.15, 0.2) is 0 Å². The molecule has 0 bridgehead atoms. The zero-order valence-electron chi connectivity index (χ0n) is 8.78. The van der Waals surface area contributed by atoms with E-state index in [1.54, 1.807) is 0 Å². The predicted molar refractivity (Wildman–Crippen MR) is 55.6 cm³/mol. The van der Waals surface area contributed by atoms with Crippen LogP contribution in [0.5, 0.6) is 0 Å². The lowest BCUT2D eigenvalue weighted by Gasteiger charge is -2.23. The summed E-state index contributed by atoms with van der Waals surface area (Å²) >= 11 is 0. The molecule has 1 amide bonds. The molecule has 2 aliphatic heterocycles. The standard InChI is InChI=1S/C9H13N3O5/c10-9-11-1-3(8(16)12-9)7-6(15)5(14)4(2-13)17-7/h1,3-7,13-15H,2H2,(H2,10,12,16)/t3?,4-,5-,6-,7+/m1/s1. The summed E-state index contributed by atoms with van der Waals surface area (Å²) in [7, 11) is 0. The van der Waals surface area contributed by atoms with Gasteiger partial charge in [0, 0.05) is 6.21 Å². The number of nitrogens with one attached hydrogen (secondary N) is 2. The molecule has 0 aromatic heterocycles. The highest BCUT2D eigenvalue weighted by molar-refractivity contribution is 6.10. The van der Waals surface area contributed by atoms with Crippen LogP contribution in [0.4, 0.5) is 0 Å². The van der Waals surface area contributed by atoms with Crippen molar-refractivity contribution >= 4 is 18.1 Å². The van der Waals surface area contributed by atoms with Gasteiger partial charge in [-0.1, -0.05) is 0 Å². The van der Waals surface area contributed by atoms with Crippen LogP contribution in [-0.4, -0.2) is 64.4 Å². The SMILES string of the molecule is N=C1N=CC([C@@H]2O[C@H](CO)[C@@H](O)[C@H]2O)C(=O)N1. The van der Waals surface area contributed by atoms with E-state index < -0.39 is 42.8 Å². The van der Waals surface area contributed by atoms with Gasteiger partial charge >= 0.3 is 0 Å². The van der Waals surface area contributed by atoms with Crippen molar-refractivity contribution in [1.82, 2.24) is 5.32 Å². The van der Waals surface area contributed by atoms with Crippen molar-refractivity contribution in [2.75, 3.05) is 6.61 Å². The topological polar surface area (TPSA) is 135 Å². The van der Waals surface area contributed by atoms with Gasteiger partial charge in [-0.15, -0.1) is 0 Å². The average molecular weight is 243 g/mol. The molecule has 0 aromatic carbocycles. The Morgan fingerprint density at radius 3 is 2.71 bits per heavy atom. The summed E-state index contributed by atoms with van der Waals surface area (Å²) in [6.07, 6.45) is -3.22. The highest BCUT2D eigenvalue weighted by Crippen LogP contribution is 2.26. The molecule has 0 aromatic rings. The molecule has 1 saturated heterocycles. The van der Waals surface area contributed by atoms with E-state index in [2.05, 4.69) is 10.3 Å². The summed E-state index contributed by atoms with van der Waals surface area (Å²) in [5, 5.41) is 37.5. The van der Waals surface area contributed by atoms with Gasteiger partial charge in [-0.05, 0) is 0 Å². The number of aliphatic imine (C=N–C) groups is 1. The van der Waals surface area contributed by atoms with Crippen LogP contribution in [0.25, 0.3) is 0 Å². The van der Waals surface area contributed by atoms with E-state index in [-0.39, 0.29) is 5.96 Å². The maximum absolute atomic E-state index is 11.6. The molecule has 94 valence electrons. The molecular formula is C9H13N3O5. The number of guanidine groups is 1. The lowest BCUT2D eigenvalue weighted by molar-refractivity contribution is -0.127. The van der Waals surface area contributed by atoms with Crippen LogP contribution < -0.4 is 5.32 Å². The van der Waals surface area contributed by atoms with E-state index >= 15 is 0 Å². The van der Waals surface area contributed by atoms with E-state index in [1.165, 1.54) is 6.21 Å². The van der Waals surface area contributed by atoms with E-state index in [4.69, 9.17) is 15.3 Å². The molecule has 5 atom stereocenters. The van der Waals surface area contributed by atoms with E-state index in [0.29, 0.717) is 0 Å². The molecule has 5 N–H and O–H groups in total. The molecule has 0 spiro atoms. The fourth-order valence-electron chi connectivity index (χ4n) is 1.91. The number of aliphatic hydroxyl groups excluding tert-OH is 3. The Hall–Kier alpha value is -1.35. The summed E-state index contributed by atoms with van der Waals surface area (Å²) in [4.78, 5) is 15.2. The zero-order valence-corrected chi connectivity index (χ0v) is 8.78. The van der Waals surface area contributed by atoms with Gasteiger partial charge < -0.3 is 20.1 Å². The lowest BCUT2D eigenvalue weighted by Crippen LogP contribution is -2.48. The molecule has 17 heavy (non-hydrogen) atoms. The number of ether oxygens (including phenoxy) is 1. The fraction of sp³-hybridized carbons (Fsp3) is 0.667. The molecule has 0 radical (unpaired) electrons. The Kier molecular flexibility index (Phi) is 3.20. The Labute approximate surface area is 96.4 Å². The molecule has 0 aliphatic carbocycles. The second-order valence-electron chi connectivity index (χ2n) is 3.94. The zero-order chi connectivity index (χ0) is 12.6. The molecule has 0 saturated carbocycles. The monoisotopic (exact) mass is 243 g/mol. The number of hydrogen-bond acceptors (Lipinski definition) is 6. The summed E-state index contributed by atoms with van der Waals surface area (Å²) in [5.74, 6) is -1.69. The Morgan fingerprint density at radius 1 is 1.47 bits per heavy atom. The van der Waals surface area contributed by atoms with Gasteiger partial charge in [-0.25, -0.2) is 4.99 Å². The number of hydrogen-bond donors (Lipinski definition) is 5. The van der Waals surface area contributed by atoms with Gasteiger partial charge in [0.25, 0.3) is 0 Å². The third-order valence-corrected chi connectivity index (χ3v) is 2.84. The first-order valence-corrected chi connectivity index (χ1v) is 5.10. The van der Waals surface area contributed by atoms with Crippen molar-refractivity contribution in [3.63, 3.8) is 0 Å². The van der Waals surface area contributed by atoms with Crippen molar-refractivity contribution in [2.45, 2.75) is 24.4 Å². The Bertz CT molecular complexity index is 372. The Morgan fingerprint density at radius 2 is 2.18 bits per heavy atom. The van der Waals surface area contributed by atoms with E-state index in [0.717, 1.165) is 0 Å². The molecular weight excluding hydrogens is 230 g/mol. The smallest absolute Gasteiger partial charge is 0.237 e. The molecule has 2 aliphatic rings. The lowest BCUT2D eigenvalue weighted by atomic mass is 9.95. The molecule has 2 heterocycles. The first-order valence-electron chi connectivity index (χ1n) is 5.10. The maximum atomic E-state index is 11.6. The minimum Gasteiger partial charge on any atom is -0.394 e. The van der Waals surface area contributed by atoms with Gasteiger partial charge in [0.1, 0.15) is 30.3 Å². The summed E-state index contributed by atoms with van der Waals surface area (Å²) in [6.45, 7) is -0.448. The van der Waals surface area contributed by atoms with Gasteiger partial charge in [0.2, 0.25) is 11.9 Å². The third-order valence-electron chi connectivity index (χ3n) is 2.84. The van der Waals surface area contributed by atoms with Crippen LogP contribution in [0.1, 0.15) is 0 Å². The van der Waals surface area contributed by atoms with Crippen molar-refractivity contribution in [1.29, 1.82) is 5.41 Å². The second-order valence-corrected chi connectivity index (χ2v) is 3.94. The van der Waals surface area contributed by atoms with Gasteiger partial charge in [-0.2, -0.15) is 0 Å².